The summed E-state index contributed by atoms with van der Waals surface area (Å²) >= 11 is 0. The summed E-state index contributed by atoms with van der Waals surface area (Å²) in [4.78, 5) is 0.426. The van der Waals surface area contributed by atoms with E-state index in [4.69, 9.17) is 9.47 Å². The Morgan fingerprint density at radius 3 is 2.21 bits per heavy atom. The van der Waals surface area contributed by atoms with Crippen molar-refractivity contribution in [1.29, 1.82) is 0 Å². The standard InChI is InChI=1S/C20H27N3O4S/c1-13-11-14(2)16(4)20(15(13)3)28(24,25)23-10-6-7-17(12-23)27-19-9-8-18(26-5)21-22-19/h8-9,11,17H,6-7,10,12H2,1-5H3. The lowest BCUT2D eigenvalue weighted by atomic mass is 10.0. The fourth-order valence-electron chi connectivity index (χ4n) is 3.57. The van der Waals surface area contributed by atoms with Gasteiger partial charge in [-0.25, -0.2) is 8.42 Å². The zero-order valence-electron chi connectivity index (χ0n) is 17.0. The molecule has 0 amide bonds. The molecule has 3 rings (SSSR count). The van der Waals surface area contributed by atoms with Gasteiger partial charge in [-0.15, -0.1) is 10.2 Å². The van der Waals surface area contributed by atoms with Crippen molar-refractivity contribution in [2.24, 2.45) is 0 Å². The van der Waals surface area contributed by atoms with Crippen molar-refractivity contribution in [3.8, 4) is 11.8 Å². The predicted molar refractivity (Wildman–Crippen MR) is 106 cm³/mol. The molecule has 0 saturated carbocycles. The summed E-state index contributed by atoms with van der Waals surface area (Å²) in [7, 11) is -2.09. The molecule has 1 aromatic heterocycles. The van der Waals surface area contributed by atoms with Crippen molar-refractivity contribution < 1.29 is 17.9 Å². The highest BCUT2D eigenvalue weighted by Crippen LogP contribution is 2.30. The maximum atomic E-state index is 13.4. The molecule has 1 unspecified atom stereocenters. The van der Waals surface area contributed by atoms with Gasteiger partial charge in [-0.1, -0.05) is 6.07 Å². The fraction of sp³-hybridized carbons (Fsp3) is 0.500. The number of ether oxygens (including phenoxy) is 2. The molecule has 8 heteroatoms. The van der Waals surface area contributed by atoms with E-state index >= 15 is 0 Å². The van der Waals surface area contributed by atoms with Gasteiger partial charge in [0.25, 0.3) is 0 Å². The van der Waals surface area contributed by atoms with E-state index in [1.54, 1.807) is 12.1 Å². The normalized spacial score (nSPS) is 18.1. The van der Waals surface area contributed by atoms with Gasteiger partial charge in [0.2, 0.25) is 21.8 Å². The minimum atomic E-state index is -3.61. The molecular weight excluding hydrogens is 378 g/mol. The van der Waals surface area contributed by atoms with Crippen LogP contribution in [0.2, 0.25) is 0 Å². The van der Waals surface area contributed by atoms with Gasteiger partial charge in [-0.3, -0.25) is 0 Å². The minimum absolute atomic E-state index is 0.266. The fourth-order valence-corrected chi connectivity index (χ4v) is 5.65. The van der Waals surface area contributed by atoms with Gasteiger partial charge in [0.05, 0.1) is 18.6 Å². The van der Waals surface area contributed by atoms with E-state index in [-0.39, 0.29) is 6.10 Å². The van der Waals surface area contributed by atoms with Gasteiger partial charge in [-0.05, 0) is 62.8 Å². The number of rotatable bonds is 5. The first-order valence-corrected chi connectivity index (χ1v) is 10.8. The largest absolute Gasteiger partial charge is 0.480 e. The number of hydrogen-bond acceptors (Lipinski definition) is 6. The monoisotopic (exact) mass is 405 g/mol. The molecule has 1 fully saturated rings. The molecule has 1 saturated heterocycles. The van der Waals surface area contributed by atoms with E-state index in [9.17, 15) is 8.42 Å². The summed E-state index contributed by atoms with van der Waals surface area (Å²) < 4.78 is 39.3. The number of aromatic nitrogens is 2. The second kappa shape index (κ2) is 8.05. The first-order chi connectivity index (χ1) is 13.2. The van der Waals surface area contributed by atoms with E-state index < -0.39 is 10.0 Å². The predicted octanol–water partition coefficient (Wildman–Crippen LogP) is 2.95. The van der Waals surface area contributed by atoms with Crippen LogP contribution in [0.4, 0.5) is 0 Å². The van der Waals surface area contributed by atoms with Crippen LogP contribution < -0.4 is 9.47 Å². The molecule has 152 valence electrons. The summed E-state index contributed by atoms with van der Waals surface area (Å²) in [5.41, 5.74) is 3.60. The van der Waals surface area contributed by atoms with Crippen LogP contribution in [-0.2, 0) is 10.0 Å². The SMILES string of the molecule is COc1ccc(OC2CCCN(S(=O)(=O)c3c(C)c(C)cc(C)c3C)C2)nn1. The zero-order chi connectivity index (χ0) is 20.5. The summed E-state index contributed by atoms with van der Waals surface area (Å²) in [5, 5.41) is 7.87. The lowest BCUT2D eigenvalue weighted by molar-refractivity contribution is 0.123. The van der Waals surface area contributed by atoms with E-state index in [1.165, 1.54) is 11.4 Å². The molecule has 1 aliphatic heterocycles. The Morgan fingerprint density at radius 2 is 1.64 bits per heavy atom. The van der Waals surface area contributed by atoms with Crippen LogP contribution in [0.25, 0.3) is 0 Å². The molecule has 2 aromatic rings. The van der Waals surface area contributed by atoms with Crippen LogP contribution in [-0.4, -0.2) is 49.2 Å². The average Bonchev–Trinajstić information content (AvgIpc) is 2.67. The van der Waals surface area contributed by atoms with E-state index in [0.717, 1.165) is 35.1 Å². The van der Waals surface area contributed by atoms with Crippen molar-refractivity contribution in [1.82, 2.24) is 14.5 Å². The highest BCUT2D eigenvalue weighted by atomic mass is 32.2. The van der Waals surface area contributed by atoms with Crippen molar-refractivity contribution in [3.05, 3.63) is 40.5 Å². The number of sulfonamides is 1. The van der Waals surface area contributed by atoms with Crippen molar-refractivity contribution in [2.75, 3.05) is 20.2 Å². The molecule has 1 aliphatic rings. The highest BCUT2D eigenvalue weighted by Gasteiger charge is 2.34. The lowest BCUT2D eigenvalue weighted by Gasteiger charge is -2.32. The third-order valence-corrected chi connectivity index (χ3v) is 7.49. The second-order valence-electron chi connectivity index (χ2n) is 7.25. The summed E-state index contributed by atoms with van der Waals surface area (Å²) in [6.07, 6.45) is 1.23. The van der Waals surface area contributed by atoms with Crippen LogP contribution in [0.15, 0.2) is 23.1 Å². The van der Waals surface area contributed by atoms with Gasteiger partial charge in [0.1, 0.15) is 6.10 Å². The molecule has 0 spiro atoms. The van der Waals surface area contributed by atoms with Crippen LogP contribution in [0, 0.1) is 27.7 Å². The Kier molecular flexibility index (Phi) is 5.90. The summed E-state index contributed by atoms with van der Waals surface area (Å²) in [6.45, 7) is 8.43. The first kappa shape index (κ1) is 20.5. The highest BCUT2D eigenvalue weighted by molar-refractivity contribution is 7.89. The molecule has 28 heavy (non-hydrogen) atoms. The Balaban J connectivity index is 1.83. The van der Waals surface area contributed by atoms with Crippen molar-refractivity contribution in [3.63, 3.8) is 0 Å². The van der Waals surface area contributed by atoms with Gasteiger partial charge in [-0.2, -0.15) is 4.31 Å². The zero-order valence-corrected chi connectivity index (χ0v) is 17.8. The van der Waals surface area contributed by atoms with Crippen molar-refractivity contribution >= 4 is 10.0 Å². The Labute approximate surface area is 166 Å². The smallest absolute Gasteiger partial charge is 0.243 e. The minimum Gasteiger partial charge on any atom is -0.480 e. The third-order valence-electron chi connectivity index (χ3n) is 5.35. The van der Waals surface area contributed by atoms with E-state index in [1.807, 2.05) is 33.8 Å². The van der Waals surface area contributed by atoms with E-state index in [0.29, 0.717) is 29.7 Å². The molecular formula is C20H27N3O4S. The average molecular weight is 406 g/mol. The summed E-state index contributed by atoms with van der Waals surface area (Å²) in [5.74, 6) is 0.768. The number of benzene rings is 1. The third kappa shape index (κ3) is 3.98. The molecule has 0 radical (unpaired) electrons. The molecule has 0 N–H and O–H groups in total. The molecule has 1 atom stereocenters. The maximum Gasteiger partial charge on any atom is 0.243 e. The number of nitrogens with zero attached hydrogens (tertiary/aromatic N) is 3. The topological polar surface area (TPSA) is 81.6 Å². The van der Waals surface area contributed by atoms with Crippen molar-refractivity contribution in [2.45, 2.75) is 51.5 Å². The number of piperidine rings is 1. The molecule has 0 bridgehead atoms. The molecule has 1 aromatic carbocycles. The second-order valence-corrected chi connectivity index (χ2v) is 9.12. The van der Waals surface area contributed by atoms with Gasteiger partial charge < -0.3 is 9.47 Å². The quantitative estimate of drug-likeness (QED) is 0.761. The first-order valence-electron chi connectivity index (χ1n) is 9.36. The van der Waals surface area contributed by atoms with Crippen LogP contribution in [0.5, 0.6) is 11.8 Å². The van der Waals surface area contributed by atoms with Gasteiger partial charge >= 0.3 is 0 Å². The Hall–Kier alpha value is -2.19. The Morgan fingerprint density at radius 1 is 1.04 bits per heavy atom. The molecule has 2 heterocycles. The van der Waals surface area contributed by atoms with E-state index in [2.05, 4.69) is 10.2 Å². The molecule has 7 nitrogen and oxygen atoms in total. The maximum absolute atomic E-state index is 13.4. The van der Waals surface area contributed by atoms with Crippen LogP contribution in [0.1, 0.15) is 35.1 Å². The number of hydrogen-bond donors (Lipinski definition) is 0. The number of aryl methyl sites for hydroxylation is 2. The van der Waals surface area contributed by atoms with Gasteiger partial charge in [0.15, 0.2) is 0 Å². The number of methoxy groups -OCH3 is 1. The Bertz CT molecular complexity index is 932. The van der Waals surface area contributed by atoms with Gasteiger partial charge in [0, 0.05) is 18.7 Å². The summed E-state index contributed by atoms with van der Waals surface area (Å²) in [6, 6.07) is 5.38. The lowest BCUT2D eigenvalue weighted by Crippen LogP contribution is -2.44. The van der Waals surface area contributed by atoms with Crippen LogP contribution >= 0.6 is 0 Å². The molecule has 0 aliphatic carbocycles. The van der Waals surface area contributed by atoms with Crippen LogP contribution in [0.3, 0.4) is 0 Å².